The summed E-state index contributed by atoms with van der Waals surface area (Å²) in [6.07, 6.45) is 2.32. The van der Waals surface area contributed by atoms with Crippen LogP contribution < -0.4 is 16.1 Å². The van der Waals surface area contributed by atoms with Gasteiger partial charge in [0.25, 0.3) is 5.91 Å². The van der Waals surface area contributed by atoms with Gasteiger partial charge in [-0.2, -0.15) is 0 Å². The first-order valence-corrected chi connectivity index (χ1v) is 7.26. The largest absolute Gasteiger partial charge is 0.451 e. The van der Waals surface area contributed by atoms with Crippen LogP contribution in [0, 0.1) is 0 Å². The second-order valence-electron chi connectivity index (χ2n) is 5.28. The molecule has 0 unspecified atom stereocenters. The van der Waals surface area contributed by atoms with Crippen LogP contribution in [0.5, 0.6) is 0 Å². The van der Waals surface area contributed by atoms with Gasteiger partial charge < -0.3 is 15.1 Å². The van der Waals surface area contributed by atoms with Crippen molar-refractivity contribution in [3.05, 3.63) is 46.3 Å². The smallest absolute Gasteiger partial charge is 0.287 e. The number of amides is 2. The van der Waals surface area contributed by atoms with E-state index in [1.165, 1.54) is 0 Å². The zero-order valence-electron chi connectivity index (χ0n) is 11.9. The van der Waals surface area contributed by atoms with E-state index < -0.39 is 11.9 Å². The van der Waals surface area contributed by atoms with Gasteiger partial charge in [0.05, 0.1) is 5.39 Å². The lowest BCUT2D eigenvalue weighted by molar-refractivity contribution is -0.122. The number of hydrogen-bond acceptors (Lipinski definition) is 4. The molecule has 2 heterocycles. The minimum atomic E-state index is -0.591. The fourth-order valence-corrected chi connectivity index (χ4v) is 2.52. The van der Waals surface area contributed by atoms with Crippen molar-refractivity contribution in [3.63, 3.8) is 0 Å². The van der Waals surface area contributed by atoms with Crippen LogP contribution in [-0.2, 0) is 4.79 Å². The summed E-state index contributed by atoms with van der Waals surface area (Å²) < 4.78 is 5.47. The number of carbonyl (C=O) groups excluding carboxylic acids is 2. The molecule has 3 rings (SSSR count). The Morgan fingerprint density at radius 2 is 2.05 bits per heavy atom. The standard InChI is InChI=1S/C16H16N2O4/c19-12-9-14(22-13-7-2-1-5-10(12)13)16(21)18-11-6-3-4-8-17-15(11)20/h1-2,5,7,9,11H,3-4,6,8H2,(H,17,20)(H,18,21)/t11-/m0/s1. The monoisotopic (exact) mass is 300 g/mol. The highest BCUT2D eigenvalue weighted by Crippen LogP contribution is 2.12. The Balaban J connectivity index is 1.85. The third-order valence-electron chi connectivity index (χ3n) is 3.70. The zero-order valence-corrected chi connectivity index (χ0v) is 11.9. The zero-order chi connectivity index (χ0) is 15.5. The van der Waals surface area contributed by atoms with Crippen molar-refractivity contribution in [2.75, 3.05) is 6.54 Å². The Morgan fingerprint density at radius 1 is 1.23 bits per heavy atom. The molecule has 0 spiro atoms. The van der Waals surface area contributed by atoms with Gasteiger partial charge in [-0.1, -0.05) is 12.1 Å². The van der Waals surface area contributed by atoms with E-state index in [4.69, 9.17) is 4.42 Å². The summed E-state index contributed by atoms with van der Waals surface area (Å²) in [5, 5.41) is 5.80. The maximum absolute atomic E-state index is 12.2. The summed E-state index contributed by atoms with van der Waals surface area (Å²) in [7, 11) is 0. The van der Waals surface area contributed by atoms with Crippen LogP contribution >= 0.6 is 0 Å². The predicted molar refractivity (Wildman–Crippen MR) is 80.6 cm³/mol. The molecule has 1 atom stereocenters. The van der Waals surface area contributed by atoms with Crippen molar-refractivity contribution in [2.24, 2.45) is 0 Å². The van der Waals surface area contributed by atoms with Crippen molar-refractivity contribution in [3.8, 4) is 0 Å². The molecule has 1 aromatic heterocycles. The second kappa shape index (κ2) is 6.01. The molecule has 1 saturated heterocycles. The molecule has 6 nitrogen and oxygen atoms in total. The molecule has 1 aliphatic heterocycles. The lowest BCUT2D eigenvalue weighted by Gasteiger charge is -2.14. The molecule has 114 valence electrons. The Morgan fingerprint density at radius 3 is 2.91 bits per heavy atom. The predicted octanol–water partition coefficient (Wildman–Crippen LogP) is 1.19. The van der Waals surface area contributed by atoms with Gasteiger partial charge in [0.2, 0.25) is 5.91 Å². The van der Waals surface area contributed by atoms with Gasteiger partial charge in [-0.05, 0) is 31.4 Å². The number of para-hydroxylation sites is 1. The van der Waals surface area contributed by atoms with Crippen LogP contribution in [0.3, 0.4) is 0 Å². The quantitative estimate of drug-likeness (QED) is 0.872. The molecule has 1 aliphatic rings. The lowest BCUT2D eigenvalue weighted by Crippen LogP contribution is -2.45. The summed E-state index contributed by atoms with van der Waals surface area (Å²) in [6, 6.07) is 7.30. The SMILES string of the molecule is O=C(N[C@H]1CCCCNC1=O)c1cc(=O)c2ccccc2o1. The van der Waals surface area contributed by atoms with Crippen LogP contribution in [0.4, 0.5) is 0 Å². The Hall–Kier alpha value is -2.63. The first kappa shape index (κ1) is 14.3. The Bertz CT molecular complexity index is 781. The van der Waals surface area contributed by atoms with E-state index in [0.717, 1.165) is 18.9 Å². The van der Waals surface area contributed by atoms with E-state index in [2.05, 4.69) is 10.6 Å². The minimum absolute atomic E-state index is 0.0826. The molecule has 2 aromatic rings. The van der Waals surface area contributed by atoms with E-state index in [0.29, 0.717) is 23.9 Å². The highest BCUT2D eigenvalue weighted by atomic mass is 16.3. The molecule has 1 fully saturated rings. The van der Waals surface area contributed by atoms with Gasteiger partial charge in [0.1, 0.15) is 11.6 Å². The number of nitrogens with one attached hydrogen (secondary N) is 2. The van der Waals surface area contributed by atoms with Gasteiger partial charge in [-0.3, -0.25) is 14.4 Å². The van der Waals surface area contributed by atoms with Crippen molar-refractivity contribution in [2.45, 2.75) is 25.3 Å². The molecule has 1 aromatic carbocycles. The fourth-order valence-electron chi connectivity index (χ4n) is 2.52. The van der Waals surface area contributed by atoms with E-state index in [9.17, 15) is 14.4 Å². The highest BCUT2D eigenvalue weighted by Gasteiger charge is 2.24. The van der Waals surface area contributed by atoms with E-state index in [1.807, 2.05) is 0 Å². The summed E-state index contributed by atoms with van der Waals surface area (Å²) in [5.74, 6) is -0.834. The van der Waals surface area contributed by atoms with E-state index in [-0.39, 0.29) is 17.1 Å². The Kier molecular flexibility index (Phi) is 3.91. The third kappa shape index (κ3) is 2.86. The van der Waals surface area contributed by atoms with Gasteiger partial charge in [0, 0.05) is 12.6 Å². The van der Waals surface area contributed by atoms with Crippen LogP contribution in [-0.4, -0.2) is 24.4 Å². The van der Waals surface area contributed by atoms with Crippen LogP contribution in [0.15, 0.2) is 39.5 Å². The van der Waals surface area contributed by atoms with Crippen molar-refractivity contribution >= 4 is 22.8 Å². The minimum Gasteiger partial charge on any atom is -0.451 e. The average Bonchev–Trinajstić information content (AvgIpc) is 2.72. The summed E-state index contributed by atoms with van der Waals surface area (Å²) >= 11 is 0. The van der Waals surface area contributed by atoms with Crippen LogP contribution in [0.25, 0.3) is 11.0 Å². The maximum atomic E-state index is 12.2. The molecule has 0 aliphatic carbocycles. The number of carbonyl (C=O) groups is 2. The number of rotatable bonds is 2. The normalized spacial score (nSPS) is 18.5. The molecular weight excluding hydrogens is 284 g/mol. The Labute approximate surface area is 126 Å². The summed E-state index contributed by atoms with van der Waals surface area (Å²) in [5.41, 5.74) is 0.0720. The molecule has 0 saturated carbocycles. The lowest BCUT2D eigenvalue weighted by atomic mass is 10.1. The number of fused-ring (bicyclic) bond motifs is 1. The molecule has 6 heteroatoms. The second-order valence-corrected chi connectivity index (χ2v) is 5.28. The maximum Gasteiger partial charge on any atom is 0.287 e. The third-order valence-corrected chi connectivity index (χ3v) is 3.70. The topological polar surface area (TPSA) is 88.4 Å². The number of benzene rings is 1. The van der Waals surface area contributed by atoms with E-state index >= 15 is 0 Å². The highest BCUT2D eigenvalue weighted by molar-refractivity contribution is 5.96. The van der Waals surface area contributed by atoms with Crippen LogP contribution in [0.1, 0.15) is 29.8 Å². The summed E-state index contributed by atoms with van der Waals surface area (Å²) in [6.45, 7) is 0.621. The molecule has 2 N–H and O–H groups in total. The fraction of sp³-hybridized carbons (Fsp3) is 0.312. The van der Waals surface area contributed by atoms with Gasteiger partial charge in [0.15, 0.2) is 11.2 Å². The first-order chi connectivity index (χ1) is 10.6. The molecule has 0 radical (unpaired) electrons. The molecule has 0 bridgehead atoms. The van der Waals surface area contributed by atoms with Gasteiger partial charge >= 0.3 is 0 Å². The average molecular weight is 300 g/mol. The number of hydrogen-bond donors (Lipinski definition) is 2. The van der Waals surface area contributed by atoms with Crippen LogP contribution in [0.2, 0.25) is 0 Å². The molecule has 2 amide bonds. The first-order valence-electron chi connectivity index (χ1n) is 7.26. The summed E-state index contributed by atoms with van der Waals surface area (Å²) in [4.78, 5) is 36.1. The van der Waals surface area contributed by atoms with Gasteiger partial charge in [-0.15, -0.1) is 0 Å². The molecular formula is C16H16N2O4. The molecule has 22 heavy (non-hydrogen) atoms. The van der Waals surface area contributed by atoms with Crippen molar-refractivity contribution < 1.29 is 14.0 Å². The van der Waals surface area contributed by atoms with Crippen molar-refractivity contribution in [1.82, 2.24) is 10.6 Å². The van der Waals surface area contributed by atoms with Crippen molar-refractivity contribution in [1.29, 1.82) is 0 Å². The van der Waals surface area contributed by atoms with E-state index in [1.54, 1.807) is 24.3 Å². The van der Waals surface area contributed by atoms with Gasteiger partial charge in [-0.25, -0.2) is 0 Å².